The molecule has 0 radical (unpaired) electrons. The number of hydrogen-bond donors (Lipinski definition) is 1. The van der Waals surface area contributed by atoms with Gasteiger partial charge in [-0.05, 0) is 24.3 Å². The zero-order valence-electron chi connectivity index (χ0n) is 14.7. The number of nitrogens with zero attached hydrogens (tertiary/aromatic N) is 4. The number of non-ortho nitro benzene ring substituents is 1. The number of rotatable bonds is 5. The lowest BCUT2D eigenvalue weighted by atomic mass is 10.2. The molecule has 0 saturated heterocycles. The van der Waals surface area contributed by atoms with Gasteiger partial charge in [0.25, 0.3) is 11.6 Å². The lowest BCUT2D eigenvalue weighted by Crippen LogP contribution is -2.10. The van der Waals surface area contributed by atoms with Gasteiger partial charge in [0.2, 0.25) is 0 Å². The van der Waals surface area contributed by atoms with E-state index < -0.39 is 10.8 Å². The summed E-state index contributed by atoms with van der Waals surface area (Å²) in [6.45, 7) is 0. The molecule has 0 spiro atoms. The number of thiazole rings is 1. The zero-order chi connectivity index (χ0) is 20.4. The van der Waals surface area contributed by atoms with Crippen molar-refractivity contribution in [1.82, 2.24) is 14.8 Å². The third kappa shape index (κ3) is 4.01. The van der Waals surface area contributed by atoms with Crippen LogP contribution in [0.4, 0.5) is 15.2 Å². The second-order valence-electron chi connectivity index (χ2n) is 5.95. The number of benzene rings is 2. The van der Waals surface area contributed by atoms with Crippen LogP contribution in [0.25, 0.3) is 16.9 Å². The number of nitrogens with one attached hydrogen (secondary N) is 1. The highest BCUT2D eigenvalue weighted by atomic mass is 32.1. The molecule has 8 nitrogen and oxygen atoms in total. The molecule has 0 unspecified atom stereocenters. The van der Waals surface area contributed by atoms with Gasteiger partial charge < -0.3 is 0 Å². The molecule has 29 heavy (non-hydrogen) atoms. The lowest BCUT2D eigenvalue weighted by Gasteiger charge is -2.00. The first-order valence-electron chi connectivity index (χ1n) is 8.32. The fourth-order valence-electron chi connectivity index (χ4n) is 2.59. The smallest absolute Gasteiger partial charge is 0.269 e. The van der Waals surface area contributed by atoms with Crippen LogP contribution >= 0.6 is 11.3 Å². The van der Waals surface area contributed by atoms with E-state index in [1.54, 1.807) is 29.6 Å². The Morgan fingerprint density at radius 1 is 1.21 bits per heavy atom. The Morgan fingerprint density at radius 3 is 2.72 bits per heavy atom. The molecule has 2 aromatic carbocycles. The summed E-state index contributed by atoms with van der Waals surface area (Å²) < 4.78 is 14.8. The molecule has 0 aliphatic carbocycles. The van der Waals surface area contributed by atoms with E-state index in [2.05, 4.69) is 15.4 Å². The summed E-state index contributed by atoms with van der Waals surface area (Å²) >= 11 is 1.22. The number of aromatic nitrogens is 3. The Labute approximate surface area is 167 Å². The van der Waals surface area contributed by atoms with E-state index in [0.717, 1.165) is 0 Å². The topological polar surface area (TPSA) is 103 Å². The SMILES string of the molecule is O=C(Nc1nc(-c2cccc(F)c2)cs1)c1cnn(-c2ccc([N+](=O)[O-])cc2)c1. The number of nitro benzene ring substituents is 1. The second kappa shape index (κ2) is 7.60. The largest absolute Gasteiger partial charge is 0.298 e. The summed E-state index contributed by atoms with van der Waals surface area (Å²) in [5.74, 6) is -0.766. The normalized spacial score (nSPS) is 10.7. The molecule has 0 aliphatic rings. The van der Waals surface area contributed by atoms with Gasteiger partial charge in [-0.3, -0.25) is 20.2 Å². The summed E-state index contributed by atoms with van der Waals surface area (Å²) in [5, 5.41) is 19.6. The van der Waals surface area contributed by atoms with Crippen LogP contribution in [0.3, 0.4) is 0 Å². The molecule has 1 amide bonds. The maximum absolute atomic E-state index is 13.4. The maximum atomic E-state index is 13.4. The van der Waals surface area contributed by atoms with Crippen LogP contribution in [0.5, 0.6) is 0 Å². The number of anilines is 1. The van der Waals surface area contributed by atoms with Crippen LogP contribution < -0.4 is 5.32 Å². The molecule has 2 aromatic heterocycles. The highest BCUT2D eigenvalue weighted by molar-refractivity contribution is 7.14. The van der Waals surface area contributed by atoms with Crippen LogP contribution in [-0.4, -0.2) is 25.6 Å². The maximum Gasteiger partial charge on any atom is 0.269 e. The molecular weight excluding hydrogens is 397 g/mol. The minimum atomic E-state index is -0.488. The molecule has 0 aliphatic heterocycles. The van der Waals surface area contributed by atoms with E-state index in [9.17, 15) is 19.3 Å². The third-order valence-corrected chi connectivity index (χ3v) is 4.77. The van der Waals surface area contributed by atoms with Crippen molar-refractivity contribution in [2.24, 2.45) is 0 Å². The number of amides is 1. The van der Waals surface area contributed by atoms with E-state index >= 15 is 0 Å². The molecule has 4 aromatic rings. The fourth-order valence-corrected chi connectivity index (χ4v) is 3.30. The number of carbonyl (C=O) groups is 1. The van der Waals surface area contributed by atoms with E-state index in [4.69, 9.17) is 0 Å². The van der Waals surface area contributed by atoms with Crippen molar-refractivity contribution >= 4 is 28.1 Å². The number of carbonyl (C=O) groups excluding carboxylic acids is 1. The van der Waals surface area contributed by atoms with E-state index in [0.29, 0.717) is 27.6 Å². The standard InChI is InChI=1S/C19H12FN5O3S/c20-14-3-1-2-12(8-14)17-11-29-19(22-17)23-18(26)13-9-21-24(10-13)15-4-6-16(7-5-15)25(27)28/h1-11H,(H,22,23,26). The van der Waals surface area contributed by atoms with Crippen molar-refractivity contribution in [2.45, 2.75) is 0 Å². The van der Waals surface area contributed by atoms with Crippen LogP contribution in [0.2, 0.25) is 0 Å². The summed E-state index contributed by atoms with van der Waals surface area (Å²) in [4.78, 5) is 27.0. The molecule has 1 N–H and O–H groups in total. The first-order valence-corrected chi connectivity index (χ1v) is 9.20. The van der Waals surface area contributed by atoms with Gasteiger partial charge in [-0.2, -0.15) is 5.10 Å². The molecular formula is C19H12FN5O3S. The van der Waals surface area contributed by atoms with Gasteiger partial charge in [0, 0.05) is 29.3 Å². The van der Waals surface area contributed by atoms with Crippen molar-refractivity contribution < 1.29 is 14.1 Å². The molecule has 0 saturated carbocycles. The van der Waals surface area contributed by atoms with Crippen molar-refractivity contribution in [2.75, 3.05) is 5.32 Å². The van der Waals surface area contributed by atoms with Gasteiger partial charge in [0.05, 0.1) is 28.1 Å². The Kier molecular flexibility index (Phi) is 4.83. The van der Waals surface area contributed by atoms with E-state index in [-0.39, 0.29) is 11.5 Å². The van der Waals surface area contributed by atoms with Crippen LogP contribution in [0.15, 0.2) is 66.3 Å². The quantitative estimate of drug-likeness (QED) is 0.391. The van der Waals surface area contributed by atoms with E-state index in [1.807, 2.05) is 0 Å². The van der Waals surface area contributed by atoms with Gasteiger partial charge in [-0.15, -0.1) is 11.3 Å². The second-order valence-corrected chi connectivity index (χ2v) is 6.81. The number of hydrogen-bond acceptors (Lipinski definition) is 6. The number of halogens is 1. The molecule has 4 rings (SSSR count). The number of nitro groups is 1. The van der Waals surface area contributed by atoms with Crippen LogP contribution in [0.1, 0.15) is 10.4 Å². The van der Waals surface area contributed by atoms with Crippen LogP contribution in [-0.2, 0) is 0 Å². The molecule has 144 valence electrons. The van der Waals surface area contributed by atoms with Crippen molar-refractivity contribution in [3.8, 4) is 16.9 Å². The first-order chi connectivity index (χ1) is 14.0. The Hall–Kier alpha value is -3.92. The van der Waals surface area contributed by atoms with Gasteiger partial charge in [-0.25, -0.2) is 14.1 Å². The van der Waals surface area contributed by atoms with Gasteiger partial charge in [0.1, 0.15) is 5.82 Å². The minimum absolute atomic E-state index is 0.0308. The summed E-state index contributed by atoms with van der Waals surface area (Å²) in [6, 6.07) is 11.8. The average Bonchev–Trinajstić information content (AvgIpc) is 3.38. The monoisotopic (exact) mass is 409 g/mol. The first kappa shape index (κ1) is 18.4. The lowest BCUT2D eigenvalue weighted by molar-refractivity contribution is -0.384. The summed E-state index contributed by atoms with van der Waals surface area (Å²) in [7, 11) is 0. The van der Waals surface area contributed by atoms with Gasteiger partial charge in [-0.1, -0.05) is 12.1 Å². The highest BCUT2D eigenvalue weighted by Crippen LogP contribution is 2.25. The molecule has 0 atom stereocenters. The summed E-state index contributed by atoms with van der Waals surface area (Å²) in [6.07, 6.45) is 2.90. The van der Waals surface area contributed by atoms with Crippen molar-refractivity contribution in [1.29, 1.82) is 0 Å². The third-order valence-electron chi connectivity index (χ3n) is 4.01. The minimum Gasteiger partial charge on any atom is -0.298 e. The van der Waals surface area contributed by atoms with Gasteiger partial charge >= 0.3 is 0 Å². The Bertz CT molecular complexity index is 1200. The Morgan fingerprint density at radius 2 is 2.00 bits per heavy atom. The zero-order valence-corrected chi connectivity index (χ0v) is 15.5. The molecule has 2 heterocycles. The van der Waals surface area contributed by atoms with Crippen molar-refractivity contribution in [3.05, 3.63) is 87.8 Å². The predicted molar refractivity (Wildman–Crippen MR) is 106 cm³/mol. The van der Waals surface area contributed by atoms with Crippen LogP contribution in [0, 0.1) is 15.9 Å². The van der Waals surface area contributed by atoms with Gasteiger partial charge in [0.15, 0.2) is 5.13 Å². The molecule has 0 bridgehead atoms. The predicted octanol–water partition coefficient (Wildman–Crippen LogP) is 4.30. The fraction of sp³-hybridized carbons (Fsp3) is 0. The highest BCUT2D eigenvalue weighted by Gasteiger charge is 2.13. The average molecular weight is 409 g/mol. The molecule has 10 heteroatoms. The Balaban J connectivity index is 1.48. The van der Waals surface area contributed by atoms with Crippen molar-refractivity contribution in [3.63, 3.8) is 0 Å². The molecule has 0 fully saturated rings. The summed E-state index contributed by atoms with van der Waals surface area (Å²) in [5.41, 5.74) is 2.03. The van der Waals surface area contributed by atoms with E-state index in [1.165, 1.54) is 52.7 Å².